The standard InChI is InChI=1S/C24H21F3N4O4/c25-14-3-6-17(20(10-14)35-16-4-5-16)18-7-8-22(32)31(29-18)15-11-30(12-15)24(33)23-19(2-1-9-28-23)34-13-21(26)27/h1-3,6-10,15-16,21H,4-5,11-13H2. The number of amides is 1. The molecular formula is C24H21F3N4O4. The van der Waals surface area contributed by atoms with Crippen molar-refractivity contribution in [1.29, 1.82) is 0 Å². The van der Waals surface area contributed by atoms with Gasteiger partial charge in [0, 0.05) is 37.0 Å². The molecule has 3 heterocycles. The summed E-state index contributed by atoms with van der Waals surface area (Å²) in [5, 5.41) is 4.46. The Morgan fingerprint density at radius 3 is 2.66 bits per heavy atom. The molecule has 0 atom stereocenters. The van der Waals surface area contributed by atoms with Crippen LogP contribution in [0.2, 0.25) is 0 Å². The molecule has 1 saturated carbocycles. The summed E-state index contributed by atoms with van der Waals surface area (Å²) in [7, 11) is 0. The van der Waals surface area contributed by atoms with E-state index in [1.165, 1.54) is 46.1 Å². The van der Waals surface area contributed by atoms with Gasteiger partial charge in [-0.2, -0.15) is 5.10 Å². The zero-order valence-corrected chi connectivity index (χ0v) is 18.4. The average molecular weight is 486 g/mol. The van der Waals surface area contributed by atoms with Crippen molar-refractivity contribution in [2.24, 2.45) is 0 Å². The van der Waals surface area contributed by atoms with Crippen molar-refractivity contribution in [3.8, 4) is 22.8 Å². The van der Waals surface area contributed by atoms with Crippen molar-refractivity contribution in [3.05, 3.63) is 70.5 Å². The third-order valence-corrected chi connectivity index (χ3v) is 5.70. The third kappa shape index (κ3) is 4.98. The summed E-state index contributed by atoms with van der Waals surface area (Å²) in [5.41, 5.74) is 0.580. The SMILES string of the molecule is O=C(c1ncccc1OCC(F)F)N1CC(n2nc(-c3ccc(F)cc3OC3CC3)ccc2=O)C1. The van der Waals surface area contributed by atoms with Gasteiger partial charge in [0.05, 0.1) is 17.8 Å². The van der Waals surface area contributed by atoms with Crippen LogP contribution in [0.5, 0.6) is 11.5 Å². The largest absolute Gasteiger partial charge is 0.490 e. The summed E-state index contributed by atoms with van der Waals surface area (Å²) in [6.45, 7) is -0.500. The molecule has 2 fully saturated rings. The molecule has 1 aromatic carbocycles. The monoisotopic (exact) mass is 486 g/mol. The summed E-state index contributed by atoms with van der Waals surface area (Å²) < 4.78 is 51.0. The van der Waals surface area contributed by atoms with Crippen LogP contribution in [0.1, 0.15) is 29.4 Å². The maximum absolute atomic E-state index is 13.8. The second-order valence-corrected chi connectivity index (χ2v) is 8.38. The normalized spacial score (nSPS) is 15.7. The number of benzene rings is 1. The number of rotatable bonds is 8. The van der Waals surface area contributed by atoms with E-state index in [-0.39, 0.29) is 36.2 Å². The predicted octanol–water partition coefficient (Wildman–Crippen LogP) is 3.33. The lowest BCUT2D eigenvalue weighted by Crippen LogP contribution is -2.53. The summed E-state index contributed by atoms with van der Waals surface area (Å²) in [6.07, 6.45) is 0.543. The maximum Gasteiger partial charge on any atom is 0.276 e. The molecule has 0 radical (unpaired) electrons. The molecule has 1 amide bonds. The molecule has 1 aliphatic carbocycles. The molecule has 0 spiro atoms. The molecule has 8 nitrogen and oxygen atoms in total. The molecule has 5 rings (SSSR count). The van der Waals surface area contributed by atoms with Gasteiger partial charge in [-0.1, -0.05) is 0 Å². The number of ether oxygens (including phenoxy) is 2. The Hall–Kier alpha value is -3.89. The molecule has 35 heavy (non-hydrogen) atoms. The Kier molecular flexibility index (Phi) is 6.14. The minimum absolute atomic E-state index is 0.0296. The predicted molar refractivity (Wildman–Crippen MR) is 118 cm³/mol. The van der Waals surface area contributed by atoms with Crippen molar-refractivity contribution >= 4 is 5.91 Å². The number of carbonyl (C=O) groups is 1. The van der Waals surface area contributed by atoms with Crippen LogP contribution in [0.4, 0.5) is 13.2 Å². The molecule has 2 aromatic heterocycles. The molecule has 1 aliphatic heterocycles. The van der Waals surface area contributed by atoms with Crippen molar-refractivity contribution in [3.63, 3.8) is 0 Å². The van der Waals surface area contributed by atoms with Gasteiger partial charge in [-0.25, -0.2) is 22.8 Å². The Labute approximate surface area is 197 Å². The average Bonchev–Trinajstić information content (AvgIpc) is 3.62. The molecule has 3 aromatic rings. The highest BCUT2D eigenvalue weighted by Gasteiger charge is 2.36. The molecule has 0 unspecified atom stereocenters. The molecule has 182 valence electrons. The Bertz CT molecular complexity index is 1310. The fourth-order valence-corrected chi connectivity index (χ4v) is 3.75. The van der Waals surface area contributed by atoms with E-state index in [1.807, 2.05) is 0 Å². The molecule has 0 bridgehead atoms. The molecule has 1 saturated heterocycles. The lowest BCUT2D eigenvalue weighted by Gasteiger charge is -2.39. The number of carbonyl (C=O) groups excluding carboxylic acids is 1. The zero-order chi connectivity index (χ0) is 24.5. The van der Waals surface area contributed by atoms with E-state index in [9.17, 15) is 22.8 Å². The van der Waals surface area contributed by atoms with Crippen molar-refractivity contribution in [2.45, 2.75) is 31.4 Å². The summed E-state index contributed by atoms with van der Waals surface area (Å²) in [4.78, 5) is 30.8. The highest BCUT2D eigenvalue weighted by atomic mass is 19.3. The highest BCUT2D eigenvalue weighted by Crippen LogP contribution is 2.35. The Morgan fingerprint density at radius 2 is 1.91 bits per heavy atom. The minimum atomic E-state index is -2.69. The van der Waals surface area contributed by atoms with Crippen LogP contribution >= 0.6 is 0 Å². The second-order valence-electron chi connectivity index (χ2n) is 8.38. The fourth-order valence-electron chi connectivity index (χ4n) is 3.75. The van der Waals surface area contributed by atoms with Gasteiger partial charge in [-0.3, -0.25) is 9.59 Å². The first-order valence-corrected chi connectivity index (χ1v) is 11.1. The van der Waals surface area contributed by atoms with Crippen LogP contribution in [-0.2, 0) is 0 Å². The van der Waals surface area contributed by atoms with E-state index in [1.54, 1.807) is 12.1 Å². The maximum atomic E-state index is 13.8. The quantitative estimate of drug-likeness (QED) is 0.486. The number of likely N-dealkylation sites (tertiary alicyclic amines) is 1. The second kappa shape index (κ2) is 9.40. The van der Waals surface area contributed by atoms with Crippen LogP contribution < -0.4 is 15.0 Å². The van der Waals surface area contributed by atoms with Crippen LogP contribution in [0.25, 0.3) is 11.3 Å². The van der Waals surface area contributed by atoms with Crippen LogP contribution in [-0.4, -0.2) is 57.8 Å². The van der Waals surface area contributed by atoms with Gasteiger partial charge in [0.2, 0.25) is 0 Å². The van der Waals surface area contributed by atoms with E-state index < -0.39 is 30.8 Å². The summed E-state index contributed by atoms with van der Waals surface area (Å²) >= 11 is 0. The topological polar surface area (TPSA) is 86.6 Å². The minimum Gasteiger partial charge on any atom is -0.490 e. The Morgan fingerprint density at radius 1 is 1.11 bits per heavy atom. The van der Waals surface area contributed by atoms with Crippen LogP contribution in [0, 0.1) is 5.82 Å². The number of pyridine rings is 1. The van der Waals surface area contributed by atoms with Gasteiger partial charge in [0.25, 0.3) is 17.9 Å². The highest BCUT2D eigenvalue weighted by molar-refractivity contribution is 5.95. The number of hydrogen-bond acceptors (Lipinski definition) is 6. The number of aromatic nitrogens is 3. The summed E-state index contributed by atoms with van der Waals surface area (Å²) in [5.74, 6) is -0.591. The molecule has 11 heteroatoms. The first kappa shape index (κ1) is 22.9. The number of nitrogens with zero attached hydrogens (tertiary/aromatic N) is 4. The van der Waals surface area contributed by atoms with Gasteiger partial charge in [0.15, 0.2) is 11.4 Å². The van der Waals surface area contributed by atoms with Crippen LogP contribution in [0.3, 0.4) is 0 Å². The smallest absolute Gasteiger partial charge is 0.276 e. The zero-order valence-electron chi connectivity index (χ0n) is 18.4. The number of alkyl halides is 2. The van der Waals surface area contributed by atoms with Gasteiger partial charge < -0.3 is 14.4 Å². The Balaban J connectivity index is 1.33. The number of halogens is 3. The van der Waals surface area contributed by atoms with Gasteiger partial charge in [-0.05, 0) is 43.2 Å². The van der Waals surface area contributed by atoms with Crippen molar-refractivity contribution < 1.29 is 27.4 Å². The molecule has 2 aliphatic rings. The first-order chi connectivity index (χ1) is 16.9. The van der Waals surface area contributed by atoms with E-state index >= 15 is 0 Å². The summed E-state index contributed by atoms with van der Waals surface area (Å²) in [6, 6.07) is 9.57. The molecule has 0 N–H and O–H groups in total. The van der Waals surface area contributed by atoms with E-state index in [0.29, 0.717) is 17.0 Å². The van der Waals surface area contributed by atoms with E-state index in [2.05, 4.69) is 10.1 Å². The van der Waals surface area contributed by atoms with Crippen LogP contribution in [0.15, 0.2) is 53.5 Å². The van der Waals surface area contributed by atoms with Crippen molar-refractivity contribution in [2.75, 3.05) is 19.7 Å². The lowest BCUT2D eigenvalue weighted by molar-refractivity contribution is 0.0472. The van der Waals surface area contributed by atoms with Gasteiger partial charge in [0.1, 0.15) is 18.2 Å². The lowest BCUT2D eigenvalue weighted by atomic mass is 10.1. The number of hydrogen-bond donors (Lipinski definition) is 0. The van der Waals surface area contributed by atoms with E-state index in [4.69, 9.17) is 9.47 Å². The third-order valence-electron chi connectivity index (χ3n) is 5.70. The fraction of sp³-hybridized carbons (Fsp3) is 0.333. The molecular weight excluding hydrogens is 465 g/mol. The first-order valence-electron chi connectivity index (χ1n) is 11.1. The van der Waals surface area contributed by atoms with Gasteiger partial charge >= 0.3 is 0 Å². The van der Waals surface area contributed by atoms with E-state index in [0.717, 1.165) is 12.8 Å². The van der Waals surface area contributed by atoms with Crippen molar-refractivity contribution in [1.82, 2.24) is 19.7 Å². The van der Waals surface area contributed by atoms with Gasteiger partial charge in [-0.15, -0.1) is 0 Å².